The van der Waals surface area contributed by atoms with Crippen LogP contribution in [0.15, 0.2) is 177 Å². The predicted molar refractivity (Wildman–Crippen MR) is 369 cm³/mol. The average molecular weight is 1230 g/mol. The van der Waals surface area contributed by atoms with Gasteiger partial charge in [-0.25, -0.2) is 9.97 Å². The monoisotopic (exact) mass is 1230 g/mol. The summed E-state index contributed by atoms with van der Waals surface area (Å²) in [5.41, 5.74) is 14.2. The first-order chi connectivity index (χ1) is 45.6. The highest BCUT2D eigenvalue weighted by molar-refractivity contribution is 6.37. The predicted octanol–water partition coefficient (Wildman–Crippen LogP) is 13.8. The van der Waals surface area contributed by atoms with E-state index in [-0.39, 0.29) is 67.7 Å². The molecule has 0 atom stereocenters. The smallest absolute Gasteiger partial charge is 0.281 e. The molecule has 4 aliphatic heterocycles. The number of aryl methyl sites for hydroxylation is 3. The second-order valence-electron chi connectivity index (χ2n) is 24.7. The summed E-state index contributed by atoms with van der Waals surface area (Å²) in [6.45, 7) is 8.31. The van der Waals surface area contributed by atoms with Gasteiger partial charge in [0.25, 0.3) is 45.9 Å². The Morgan fingerprint density at radius 2 is 0.713 bits per heavy atom. The van der Waals surface area contributed by atoms with Crippen LogP contribution in [0.4, 0.5) is 0 Å². The van der Waals surface area contributed by atoms with Crippen LogP contribution in [-0.4, -0.2) is 64.3 Å². The van der Waals surface area contributed by atoms with Crippen LogP contribution in [-0.2, 0) is 6.54 Å². The Labute approximate surface area is 535 Å². The van der Waals surface area contributed by atoms with Crippen LogP contribution in [0.1, 0.15) is 119 Å². The van der Waals surface area contributed by atoms with Crippen molar-refractivity contribution in [1.82, 2.24) is 34.1 Å². The van der Waals surface area contributed by atoms with Gasteiger partial charge in [-0.15, -0.1) is 0 Å². The highest BCUT2D eigenvalue weighted by atomic mass is 16.2. The molecule has 9 heterocycles. The number of unbranched alkanes of at least 4 members (excludes halogenated alkanes) is 3. The molecule has 0 saturated carbocycles. The van der Waals surface area contributed by atoms with Gasteiger partial charge in [0, 0.05) is 72.8 Å². The van der Waals surface area contributed by atoms with Gasteiger partial charge in [-0.1, -0.05) is 140 Å². The van der Waals surface area contributed by atoms with Crippen molar-refractivity contribution in [2.45, 2.75) is 59.9 Å². The van der Waals surface area contributed by atoms with E-state index in [9.17, 15) is 38.4 Å². The third-order valence-electron chi connectivity index (χ3n) is 18.7. The van der Waals surface area contributed by atoms with Crippen molar-refractivity contribution in [3.63, 3.8) is 0 Å². The zero-order chi connectivity index (χ0) is 64.5. The fraction of sp³-hybridized carbons (Fsp3) is 0.128. The van der Waals surface area contributed by atoms with Gasteiger partial charge >= 0.3 is 0 Å². The number of nitrogens with one attached hydrogen (secondary N) is 2. The lowest BCUT2D eigenvalue weighted by molar-refractivity contribution is 0.0606. The molecule has 16 nitrogen and oxygen atoms in total. The molecular weight excluding hydrogens is 1180 g/mol. The van der Waals surface area contributed by atoms with E-state index in [1.54, 1.807) is 0 Å². The summed E-state index contributed by atoms with van der Waals surface area (Å²) in [6.07, 6.45) is 11.6. The largest absolute Gasteiger partial charge is 0.354 e. The molecule has 0 spiro atoms. The summed E-state index contributed by atoms with van der Waals surface area (Å²) < 4.78 is 1.48. The van der Waals surface area contributed by atoms with Gasteiger partial charge in [-0.2, -0.15) is 9.69 Å². The lowest BCUT2D eigenvalue weighted by Crippen LogP contribution is -2.55. The minimum atomic E-state index is -1.06. The summed E-state index contributed by atoms with van der Waals surface area (Å²) >= 11 is 0. The normalized spacial score (nSPS) is 13.5. The van der Waals surface area contributed by atoms with Crippen molar-refractivity contribution in [1.29, 1.82) is 0 Å². The summed E-state index contributed by atoms with van der Waals surface area (Å²) in [4.78, 5) is 134. The highest BCUT2D eigenvalue weighted by Crippen LogP contribution is 2.41. The Morgan fingerprint density at radius 3 is 1.07 bits per heavy atom. The molecule has 94 heavy (non-hydrogen) atoms. The molecule has 8 bridgehead atoms. The lowest BCUT2D eigenvalue weighted by atomic mass is 9.86. The Balaban J connectivity index is 0.782. The quantitative estimate of drug-likeness (QED) is 0.0873. The number of imide groups is 2. The van der Waals surface area contributed by atoms with Gasteiger partial charge in [-0.3, -0.25) is 47.8 Å². The third kappa shape index (κ3) is 8.95. The zero-order valence-electron chi connectivity index (χ0n) is 51.5. The number of amides is 4. The fourth-order valence-corrected chi connectivity index (χ4v) is 13.9. The summed E-state index contributed by atoms with van der Waals surface area (Å²) in [6, 6.07) is 49.0. The van der Waals surface area contributed by atoms with Crippen LogP contribution in [0, 0.1) is 20.8 Å². The van der Waals surface area contributed by atoms with E-state index in [4.69, 9.17) is 9.97 Å². The van der Waals surface area contributed by atoms with Crippen molar-refractivity contribution in [2.75, 3.05) is 11.6 Å². The van der Waals surface area contributed by atoms with Crippen molar-refractivity contribution in [3.05, 3.63) is 266 Å². The van der Waals surface area contributed by atoms with Crippen LogP contribution < -0.4 is 27.2 Å². The van der Waals surface area contributed by atoms with Gasteiger partial charge in [0.15, 0.2) is 0 Å². The highest BCUT2D eigenvalue weighted by Gasteiger charge is 2.42. The molecule has 2 N–H and O–H groups in total. The first-order valence-corrected chi connectivity index (χ1v) is 31.4. The molecule has 4 amide bonds. The number of fused-ring (bicyclic) bond motifs is 10. The number of carbonyl (C=O) groups is 4. The van der Waals surface area contributed by atoms with Crippen molar-refractivity contribution >= 4 is 102 Å². The molecule has 0 fully saturated rings. The maximum absolute atomic E-state index is 14.5. The first-order valence-electron chi connectivity index (χ1n) is 31.4. The second-order valence-corrected chi connectivity index (χ2v) is 24.7. The number of rotatable bonds is 12. The molecule has 0 aliphatic carbocycles. The van der Waals surface area contributed by atoms with Gasteiger partial charge in [0.2, 0.25) is 0 Å². The maximum atomic E-state index is 14.5. The molecule has 0 unspecified atom stereocenters. The Kier molecular flexibility index (Phi) is 13.3. The minimum absolute atomic E-state index is 0.0735. The zero-order valence-corrected chi connectivity index (χ0v) is 51.5. The molecule has 16 rings (SSSR count). The van der Waals surface area contributed by atoms with Gasteiger partial charge < -0.3 is 9.97 Å². The standard InChI is InChI=1S/C78H56N8O8/c1-5-6-7-8-37-83-71(87)49-25-27-51-70-52(28-26-50(69(49)70)72(83)88)76(92)85(75(51)91)86-77(93)55-38-53-54(39-56(55)78(86)94)74(90)84(73(53)89)40-44-15-23-48(24-16-44)68-63-35-33-61(81-63)66(46-19-11-42(3)12-20-46)59-31-29-57(79-59)65(45-17-9-41(2)10-18-45)58-30-32-60(80-58)67(62-34-36-64(68)82-62)47-21-13-43(4)14-22-47/h9-36,38-39,79,82H,5-8,37,40H2,1-4H3. The number of hydrogen-bond acceptors (Lipinski definition) is 10. The maximum Gasteiger partial charge on any atom is 0.281 e. The average Bonchev–Trinajstić information content (AvgIpc) is 1.17. The molecule has 5 aromatic heterocycles. The molecular formula is C78H56N8O8. The molecule has 16 heteroatoms. The SMILES string of the molecule is CCCCCCN1C(=O)c2ccc3c4c(ccc(c24)C1=O)C(=O)N(n1c(=O)c2cc4c(=O)n(Cc5ccc(-c6c7nc(c(-c8ccc(C)cc8)c8ccc([nH]8)c(-c8ccc(C)cc8)c8nc(c(-c9ccc(C)cc9)c9ccc6[nH]9)C=C8)C=C7)cc5)c(=O)c4cc2c1=O)C3=O. The van der Waals surface area contributed by atoms with E-state index >= 15 is 0 Å². The number of H-pyrrole nitrogens is 2. The van der Waals surface area contributed by atoms with Crippen LogP contribution in [0.3, 0.4) is 0 Å². The van der Waals surface area contributed by atoms with Crippen molar-refractivity contribution < 1.29 is 19.2 Å². The third-order valence-corrected chi connectivity index (χ3v) is 18.7. The van der Waals surface area contributed by atoms with Gasteiger partial charge in [-0.05, 0) is 140 Å². The Bertz CT molecular complexity index is 5640. The Morgan fingerprint density at radius 1 is 0.372 bits per heavy atom. The first kappa shape index (κ1) is 57.1. The summed E-state index contributed by atoms with van der Waals surface area (Å²) in [5, 5.41) is -0.142. The summed E-state index contributed by atoms with van der Waals surface area (Å²) in [5.74, 6) is -3.16. The second kappa shape index (κ2) is 21.8. The number of aromatic nitrogens is 6. The number of nitrogens with zero attached hydrogens (tertiary/aromatic N) is 6. The van der Waals surface area contributed by atoms with E-state index in [1.165, 1.54) is 41.3 Å². The summed E-state index contributed by atoms with van der Waals surface area (Å²) in [7, 11) is 0. The molecule has 456 valence electrons. The number of hydrogen-bond donors (Lipinski definition) is 2. The molecule has 0 radical (unpaired) electrons. The van der Waals surface area contributed by atoms with E-state index in [0.717, 1.165) is 124 Å². The van der Waals surface area contributed by atoms with Crippen LogP contribution in [0.2, 0.25) is 0 Å². The number of aromatic amines is 2. The fourth-order valence-electron chi connectivity index (χ4n) is 13.9. The van der Waals surface area contributed by atoms with E-state index in [2.05, 4.69) is 141 Å². The number of benzene rings is 7. The number of carbonyl (C=O) groups excluding carboxylic acids is 4. The van der Waals surface area contributed by atoms with Crippen LogP contribution in [0.25, 0.3) is 123 Å². The van der Waals surface area contributed by atoms with Crippen LogP contribution in [0.5, 0.6) is 0 Å². The molecule has 0 saturated heterocycles. The lowest BCUT2D eigenvalue weighted by Gasteiger charge is -2.31. The van der Waals surface area contributed by atoms with E-state index < -0.39 is 45.9 Å². The van der Waals surface area contributed by atoms with Gasteiger partial charge in [0.05, 0.1) is 62.0 Å². The van der Waals surface area contributed by atoms with Crippen molar-refractivity contribution in [2.24, 2.45) is 0 Å². The minimum Gasteiger partial charge on any atom is -0.354 e. The van der Waals surface area contributed by atoms with Crippen LogP contribution >= 0.6 is 0 Å². The molecule has 4 aliphatic rings. The molecule has 12 aromatic rings. The Hall–Kier alpha value is -12.0. The van der Waals surface area contributed by atoms with E-state index in [0.29, 0.717) is 27.4 Å². The topological polar surface area (TPSA) is 210 Å². The van der Waals surface area contributed by atoms with E-state index in [1.807, 2.05) is 42.5 Å². The van der Waals surface area contributed by atoms with Gasteiger partial charge in [0.1, 0.15) is 0 Å². The van der Waals surface area contributed by atoms with Crippen molar-refractivity contribution in [3.8, 4) is 44.5 Å². The molecule has 7 aromatic carbocycles.